The Morgan fingerprint density at radius 2 is 1.83 bits per heavy atom. The molecule has 166 valence electrons. The first-order chi connectivity index (χ1) is 14.7. The Morgan fingerprint density at radius 3 is 2.50 bits per heavy atom. The summed E-state index contributed by atoms with van der Waals surface area (Å²) in [6.07, 6.45) is 6.15. The van der Waals surface area contributed by atoms with Crippen molar-refractivity contribution in [2.24, 2.45) is 5.92 Å². The number of nitrogens with zero attached hydrogens (tertiary/aromatic N) is 3. The van der Waals surface area contributed by atoms with Crippen molar-refractivity contribution in [3.8, 4) is 0 Å². The van der Waals surface area contributed by atoms with Crippen LogP contribution < -0.4 is 10.6 Å². The van der Waals surface area contributed by atoms with Crippen LogP contribution >= 0.6 is 0 Å². The Labute approximate surface area is 179 Å². The van der Waals surface area contributed by atoms with Gasteiger partial charge in [-0.25, -0.2) is 9.59 Å². The van der Waals surface area contributed by atoms with Gasteiger partial charge >= 0.3 is 12.1 Å². The maximum Gasteiger partial charge on any atom is 0.409 e. The van der Waals surface area contributed by atoms with Gasteiger partial charge < -0.3 is 25.2 Å². The minimum Gasteiger partial charge on any atom is -0.450 e. The van der Waals surface area contributed by atoms with Gasteiger partial charge in [0.25, 0.3) is 0 Å². The summed E-state index contributed by atoms with van der Waals surface area (Å²) < 4.78 is 5.04. The largest absolute Gasteiger partial charge is 0.450 e. The molecule has 3 rings (SSSR count). The minimum atomic E-state index is -0.252. The van der Waals surface area contributed by atoms with Crippen LogP contribution in [0.5, 0.6) is 0 Å². The monoisotopic (exact) mass is 417 g/mol. The third kappa shape index (κ3) is 6.86. The molecule has 3 heterocycles. The molecule has 0 radical (unpaired) electrons. The van der Waals surface area contributed by atoms with Crippen molar-refractivity contribution >= 4 is 12.1 Å². The van der Waals surface area contributed by atoms with E-state index in [2.05, 4.69) is 21.7 Å². The number of rotatable bonds is 7. The first kappa shape index (κ1) is 22.3. The number of urea groups is 1. The molecule has 0 saturated carbocycles. The second-order valence-corrected chi connectivity index (χ2v) is 8.12. The molecule has 2 N–H and O–H groups in total. The maximum absolute atomic E-state index is 12.6. The fourth-order valence-electron chi connectivity index (χ4n) is 4.10. The smallest absolute Gasteiger partial charge is 0.409 e. The molecule has 2 aliphatic heterocycles. The molecular formula is C22H35N5O3. The fourth-order valence-corrected chi connectivity index (χ4v) is 4.10. The Bertz CT molecular complexity index is 656. The van der Waals surface area contributed by atoms with Crippen LogP contribution in [-0.4, -0.2) is 78.8 Å². The fraction of sp³-hybridized carbons (Fsp3) is 0.682. The molecule has 0 aliphatic carbocycles. The van der Waals surface area contributed by atoms with Crippen molar-refractivity contribution in [3.05, 3.63) is 30.1 Å². The van der Waals surface area contributed by atoms with Crippen LogP contribution in [-0.2, 0) is 11.2 Å². The van der Waals surface area contributed by atoms with E-state index in [1.165, 1.54) is 0 Å². The molecule has 1 aromatic heterocycles. The second kappa shape index (κ2) is 11.7. The molecule has 0 aromatic carbocycles. The van der Waals surface area contributed by atoms with E-state index in [-0.39, 0.29) is 18.2 Å². The molecule has 0 unspecified atom stereocenters. The Balaban J connectivity index is 1.27. The Kier molecular flexibility index (Phi) is 8.74. The molecule has 1 aromatic rings. The zero-order valence-corrected chi connectivity index (χ0v) is 18.0. The first-order valence-electron chi connectivity index (χ1n) is 11.2. The molecule has 3 amide bonds. The van der Waals surface area contributed by atoms with Crippen LogP contribution in [0.1, 0.15) is 38.3 Å². The summed E-state index contributed by atoms with van der Waals surface area (Å²) in [7, 11) is 0. The number of amides is 3. The van der Waals surface area contributed by atoms with Crippen LogP contribution in [0.4, 0.5) is 9.59 Å². The van der Waals surface area contributed by atoms with Crippen LogP contribution in [0, 0.1) is 5.92 Å². The molecule has 8 heteroatoms. The minimum absolute atomic E-state index is 0.0335. The molecule has 0 spiro atoms. The summed E-state index contributed by atoms with van der Waals surface area (Å²) in [4.78, 5) is 32.4. The van der Waals surface area contributed by atoms with Crippen LogP contribution in [0.2, 0.25) is 0 Å². The maximum atomic E-state index is 12.6. The van der Waals surface area contributed by atoms with Crippen molar-refractivity contribution < 1.29 is 14.3 Å². The summed E-state index contributed by atoms with van der Waals surface area (Å²) in [5.74, 6) is 0.616. The van der Waals surface area contributed by atoms with Crippen LogP contribution in [0.25, 0.3) is 0 Å². The summed E-state index contributed by atoms with van der Waals surface area (Å²) in [5, 5.41) is 6.69. The van der Waals surface area contributed by atoms with Gasteiger partial charge in [-0.3, -0.25) is 4.98 Å². The lowest BCUT2D eigenvalue weighted by Crippen LogP contribution is -2.52. The zero-order valence-electron chi connectivity index (χ0n) is 18.0. The number of carbonyl (C=O) groups is 2. The highest BCUT2D eigenvalue weighted by molar-refractivity contribution is 5.74. The van der Waals surface area contributed by atoms with E-state index in [0.717, 1.165) is 64.0 Å². The summed E-state index contributed by atoms with van der Waals surface area (Å²) in [5.41, 5.74) is 1.12. The van der Waals surface area contributed by atoms with Gasteiger partial charge in [0, 0.05) is 57.1 Å². The van der Waals surface area contributed by atoms with E-state index >= 15 is 0 Å². The van der Waals surface area contributed by atoms with Gasteiger partial charge in [-0.05, 0) is 57.2 Å². The molecule has 2 saturated heterocycles. The number of nitrogens with one attached hydrogen (secondary N) is 2. The van der Waals surface area contributed by atoms with Gasteiger partial charge in [0.15, 0.2) is 0 Å². The molecule has 0 atom stereocenters. The lowest BCUT2D eigenvalue weighted by Gasteiger charge is -2.35. The SMILES string of the molecule is CCOC(=O)N1CCC(NC(=O)N2CCC(CNCCc3ccccn3)CC2)CC1. The molecule has 30 heavy (non-hydrogen) atoms. The lowest BCUT2D eigenvalue weighted by molar-refractivity contribution is 0.0947. The van der Waals surface area contributed by atoms with Gasteiger partial charge in [0.1, 0.15) is 0 Å². The second-order valence-electron chi connectivity index (χ2n) is 8.12. The highest BCUT2D eigenvalue weighted by atomic mass is 16.6. The van der Waals surface area contributed by atoms with Gasteiger partial charge in [0.05, 0.1) is 6.61 Å². The highest BCUT2D eigenvalue weighted by Gasteiger charge is 2.27. The van der Waals surface area contributed by atoms with E-state index in [9.17, 15) is 9.59 Å². The topological polar surface area (TPSA) is 86.8 Å². The zero-order chi connectivity index (χ0) is 21.2. The number of carbonyl (C=O) groups excluding carboxylic acids is 2. The number of piperidine rings is 2. The molecule has 8 nitrogen and oxygen atoms in total. The number of hydrogen-bond donors (Lipinski definition) is 2. The van der Waals surface area contributed by atoms with Crippen LogP contribution in [0.15, 0.2) is 24.4 Å². The number of hydrogen-bond acceptors (Lipinski definition) is 5. The van der Waals surface area contributed by atoms with Gasteiger partial charge in [0.2, 0.25) is 0 Å². The summed E-state index contributed by atoms with van der Waals surface area (Å²) in [6.45, 7) is 7.01. The first-order valence-corrected chi connectivity index (χ1v) is 11.2. The normalized spacial score (nSPS) is 18.3. The van der Waals surface area contributed by atoms with E-state index in [1.54, 1.807) is 4.90 Å². The molecule has 2 aliphatic rings. The van der Waals surface area contributed by atoms with E-state index < -0.39 is 0 Å². The lowest BCUT2D eigenvalue weighted by atomic mass is 9.97. The standard InChI is InChI=1S/C22H35N5O3/c1-2-30-22(29)27-15-9-20(10-16-27)25-21(28)26-13-7-18(8-14-26)17-23-12-6-19-5-3-4-11-24-19/h3-5,11,18,20,23H,2,6-10,12-17H2,1H3,(H,25,28). The Morgan fingerprint density at radius 1 is 1.10 bits per heavy atom. The highest BCUT2D eigenvalue weighted by Crippen LogP contribution is 2.17. The average molecular weight is 418 g/mol. The van der Waals surface area contributed by atoms with Crippen molar-refractivity contribution in [2.45, 2.75) is 45.1 Å². The summed E-state index contributed by atoms with van der Waals surface area (Å²) in [6, 6.07) is 6.18. The predicted octanol–water partition coefficient (Wildman–Crippen LogP) is 2.26. The van der Waals surface area contributed by atoms with Gasteiger partial charge in [-0.1, -0.05) is 6.07 Å². The van der Waals surface area contributed by atoms with Gasteiger partial charge in [-0.2, -0.15) is 0 Å². The number of pyridine rings is 1. The number of likely N-dealkylation sites (tertiary alicyclic amines) is 2. The van der Waals surface area contributed by atoms with E-state index in [1.807, 2.05) is 30.2 Å². The van der Waals surface area contributed by atoms with Crippen molar-refractivity contribution in [1.82, 2.24) is 25.4 Å². The average Bonchev–Trinajstić information content (AvgIpc) is 2.78. The van der Waals surface area contributed by atoms with Gasteiger partial charge in [-0.15, -0.1) is 0 Å². The van der Waals surface area contributed by atoms with Crippen molar-refractivity contribution in [1.29, 1.82) is 0 Å². The third-order valence-corrected chi connectivity index (χ3v) is 5.97. The molecule has 2 fully saturated rings. The number of aromatic nitrogens is 1. The molecule has 0 bridgehead atoms. The van der Waals surface area contributed by atoms with Crippen molar-refractivity contribution in [3.63, 3.8) is 0 Å². The van der Waals surface area contributed by atoms with E-state index in [0.29, 0.717) is 25.6 Å². The quantitative estimate of drug-likeness (QED) is 0.665. The third-order valence-electron chi connectivity index (χ3n) is 5.97. The van der Waals surface area contributed by atoms with E-state index in [4.69, 9.17) is 4.74 Å². The van der Waals surface area contributed by atoms with Crippen LogP contribution in [0.3, 0.4) is 0 Å². The summed E-state index contributed by atoms with van der Waals surface area (Å²) >= 11 is 0. The number of ether oxygens (including phenoxy) is 1. The van der Waals surface area contributed by atoms with Crippen molar-refractivity contribution in [2.75, 3.05) is 45.9 Å². The predicted molar refractivity (Wildman–Crippen MR) is 115 cm³/mol. The Hall–Kier alpha value is -2.35. The molecular weight excluding hydrogens is 382 g/mol.